The Labute approximate surface area is 114 Å². The van der Waals surface area contributed by atoms with Gasteiger partial charge >= 0.3 is 6.03 Å². The number of anilines is 1. The molecule has 1 aliphatic rings. The van der Waals surface area contributed by atoms with Crippen LogP contribution >= 0.6 is 0 Å². The van der Waals surface area contributed by atoms with Crippen molar-refractivity contribution in [1.29, 1.82) is 0 Å². The second-order valence-electron chi connectivity index (χ2n) is 4.82. The van der Waals surface area contributed by atoms with Crippen molar-refractivity contribution in [3.05, 3.63) is 23.9 Å². The van der Waals surface area contributed by atoms with E-state index in [0.29, 0.717) is 25.5 Å². The van der Waals surface area contributed by atoms with Crippen molar-refractivity contribution in [2.75, 3.05) is 25.0 Å². The van der Waals surface area contributed by atoms with Crippen LogP contribution in [-0.4, -0.2) is 41.7 Å². The van der Waals surface area contributed by atoms with Gasteiger partial charge in [0.2, 0.25) is 0 Å². The second-order valence-corrected chi connectivity index (χ2v) is 4.82. The van der Waals surface area contributed by atoms with Gasteiger partial charge in [-0.3, -0.25) is 5.32 Å². The number of rotatable bonds is 3. The van der Waals surface area contributed by atoms with Crippen LogP contribution in [0.3, 0.4) is 0 Å². The second kappa shape index (κ2) is 6.52. The fourth-order valence-corrected chi connectivity index (χ4v) is 2.20. The molecule has 19 heavy (non-hydrogen) atoms. The Morgan fingerprint density at radius 3 is 3.16 bits per heavy atom. The van der Waals surface area contributed by atoms with Crippen molar-refractivity contribution >= 4 is 11.8 Å². The molecule has 0 bridgehead atoms. The lowest BCUT2D eigenvalue weighted by molar-refractivity contribution is -0.0162. The number of morpholine rings is 1. The van der Waals surface area contributed by atoms with Crippen LogP contribution in [0.25, 0.3) is 0 Å². The van der Waals surface area contributed by atoms with Gasteiger partial charge in [0.25, 0.3) is 0 Å². The van der Waals surface area contributed by atoms with E-state index in [-0.39, 0.29) is 12.1 Å². The van der Waals surface area contributed by atoms with Gasteiger partial charge < -0.3 is 9.64 Å². The van der Waals surface area contributed by atoms with Gasteiger partial charge in [-0.2, -0.15) is 0 Å². The van der Waals surface area contributed by atoms with Crippen molar-refractivity contribution in [3.63, 3.8) is 0 Å². The standard InChI is InChI=1S/C14H21N3O2/c1-3-5-12-10-17(8-9-19-12)14(18)16-13-7-4-6-11(2)15-13/h4,6-7,12H,3,5,8-10H2,1-2H3,(H,15,16,18)/t12-/m1/s1. The van der Waals surface area contributed by atoms with Crippen LogP contribution in [0.4, 0.5) is 10.6 Å². The number of ether oxygens (including phenoxy) is 1. The highest BCUT2D eigenvalue weighted by atomic mass is 16.5. The molecule has 0 spiro atoms. The summed E-state index contributed by atoms with van der Waals surface area (Å²) in [5.41, 5.74) is 0.892. The van der Waals surface area contributed by atoms with Crippen LogP contribution < -0.4 is 5.32 Å². The van der Waals surface area contributed by atoms with Gasteiger partial charge in [-0.25, -0.2) is 9.78 Å². The summed E-state index contributed by atoms with van der Waals surface area (Å²) in [6.45, 7) is 5.93. The van der Waals surface area contributed by atoms with Crippen LogP contribution in [0.15, 0.2) is 18.2 Å². The van der Waals surface area contributed by atoms with Gasteiger partial charge in [0, 0.05) is 18.8 Å². The summed E-state index contributed by atoms with van der Waals surface area (Å²) < 4.78 is 5.63. The summed E-state index contributed by atoms with van der Waals surface area (Å²) >= 11 is 0. The third-order valence-corrected chi connectivity index (χ3v) is 3.16. The predicted octanol–water partition coefficient (Wildman–Crippen LogP) is 2.42. The molecule has 0 aromatic carbocycles. The average Bonchev–Trinajstić information content (AvgIpc) is 2.39. The Hall–Kier alpha value is -1.62. The van der Waals surface area contributed by atoms with E-state index in [4.69, 9.17) is 4.74 Å². The normalized spacial score (nSPS) is 19.3. The van der Waals surface area contributed by atoms with Crippen LogP contribution in [0.2, 0.25) is 0 Å². The van der Waals surface area contributed by atoms with Gasteiger partial charge in [-0.1, -0.05) is 19.4 Å². The number of nitrogens with zero attached hydrogens (tertiary/aromatic N) is 2. The first-order valence-electron chi connectivity index (χ1n) is 6.80. The number of carbonyl (C=O) groups is 1. The van der Waals surface area contributed by atoms with Crippen molar-refractivity contribution in [3.8, 4) is 0 Å². The number of pyridine rings is 1. The van der Waals surface area contributed by atoms with Crippen LogP contribution in [0.1, 0.15) is 25.5 Å². The third kappa shape index (κ3) is 3.92. The van der Waals surface area contributed by atoms with Gasteiger partial charge in [-0.15, -0.1) is 0 Å². The number of nitrogens with one attached hydrogen (secondary N) is 1. The minimum absolute atomic E-state index is 0.0949. The molecule has 1 N–H and O–H groups in total. The first-order valence-corrected chi connectivity index (χ1v) is 6.80. The van der Waals surface area contributed by atoms with Crippen LogP contribution in [0, 0.1) is 6.92 Å². The van der Waals surface area contributed by atoms with E-state index in [0.717, 1.165) is 18.5 Å². The van der Waals surface area contributed by atoms with E-state index >= 15 is 0 Å². The Bertz CT molecular complexity index is 434. The summed E-state index contributed by atoms with van der Waals surface area (Å²) in [5.74, 6) is 0.600. The first kappa shape index (κ1) is 13.8. The molecule has 1 aromatic heterocycles. The maximum atomic E-state index is 12.1. The zero-order valence-electron chi connectivity index (χ0n) is 11.6. The van der Waals surface area contributed by atoms with Gasteiger partial charge in [0.15, 0.2) is 0 Å². The van der Waals surface area contributed by atoms with Gasteiger partial charge in [0.05, 0.1) is 12.7 Å². The molecule has 1 atom stereocenters. The third-order valence-electron chi connectivity index (χ3n) is 3.16. The molecule has 1 saturated heterocycles. The Morgan fingerprint density at radius 2 is 2.42 bits per heavy atom. The van der Waals surface area contributed by atoms with Gasteiger partial charge in [0.1, 0.15) is 5.82 Å². The molecule has 2 rings (SSSR count). The summed E-state index contributed by atoms with van der Waals surface area (Å²) in [7, 11) is 0. The molecule has 1 aliphatic heterocycles. The smallest absolute Gasteiger partial charge is 0.323 e. The van der Waals surface area contributed by atoms with E-state index in [1.54, 1.807) is 11.0 Å². The van der Waals surface area contributed by atoms with E-state index in [1.165, 1.54) is 0 Å². The highest BCUT2D eigenvalue weighted by molar-refractivity contribution is 5.88. The number of aromatic nitrogens is 1. The maximum absolute atomic E-state index is 12.1. The van der Waals surface area contributed by atoms with Crippen LogP contribution in [-0.2, 0) is 4.74 Å². The molecule has 1 fully saturated rings. The summed E-state index contributed by atoms with van der Waals surface area (Å²) in [6, 6.07) is 5.50. The fourth-order valence-electron chi connectivity index (χ4n) is 2.20. The zero-order chi connectivity index (χ0) is 13.7. The minimum atomic E-state index is -0.0949. The van der Waals surface area contributed by atoms with E-state index < -0.39 is 0 Å². The van der Waals surface area contributed by atoms with E-state index in [2.05, 4.69) is 17.2 Å². The molecule has 2 heterocycles. The molecule has 0 aliphatic carbocycles. The number of amides is 2. The number of hydrogen-bond donors (Lipinski definition) is 1. The summed E-state index contributed by atoms with van der Waals surface area (Å²) in [4.78, 5) is 18.2. The van der Waals surface area contributed by atoms with Crippen molar-refractivity contribution in [1.82, 2.24) is 9.88 Å². The molecule has 104 valence electrons. The molecule has 0 radical (unpaired) electrons. The molecule has 5 nitrogen and oxygen atoms in total. The number of aryl methyl sites for hydroxylation is 1. The Balaban J connectivity index is 1.92. The summed E-state index contributed by atoms with van der Waals surface area (Å²) in [5, 5.41) is 2.84. The van der Waals surface area contributed by atoms with E-state index in [1.807, 2.05) is 19.1 Å². The molecule has 5 heteroatoms. The zero-order valence-corrected chi connectivity index (χ0v) is 11.6. The molecular weight excluding hydrogens is 242 g/mol. The predicted molar refractivity (Wildman–Crippen MR) is 74.2 cm³/mol. The van der Waals surface area contributed by atoms with Crippen molar-refractivity contribution in [2.24, 2.45) is 0 Å². The lowest BCUT2D eigenvalue weighted by Crippen LogP contribution is -2.47. The largest absolute Gasteiger partial charge is 0.375 e. The minimum Gasteiger partial charge on any atom is -0.375 e. The van der Waals surface area contributed by atoms with Crippen LogP contribution in [0.5, 0.6) is 0 Å². The van der Waals surface area contributed by atoms with Crippen molar-refractivity contribution < 1.29 is 9.53 Å². The highest BCUT2D eigenvalue weighted by Gasteiger charge is 2.23. The fraction of sp³-hybridized carbons (Fsp3) is 0.571. The first-order chi connectivity index (χ1) is 9.19. The summed E-state index contributed by atoms with van der Waals surface area (Å²) in [6.07, 6.45) is 2.22. The molecule has 0 unspecified atom stereocenters. The van der Waals surface area contributed by atoms with E-state index in [9.17, 15) is 4.79 Å². The lowest BCUT2D eigenvalue weighted by atomic mass is 10.2. The number of hydrogen-bond acceptors (Lipinski definition) is 3. The highest BCUT2D eigenvalue weighted by Crippen LogP contribution is 2.12. The number of carbonyl (C=O) groups excluding carboxylic acids is 1. The molecule has 2 amide bonds. The Kier molecular flexibility index (Phi) is 4.74. The number of urea groups is 1. The Morgan fingerprint density at radius 1 is 1.58 bits per heavy atom. The average molecular weight is 263 g/mol. The SMILES string of the molecule is CCC[C@@H]1CN(C(=O)Nc2cccc(C)n2)CCO1. The molecular formula is C14H21N3O2. The molecule has 0 saturated carbocycles. The molecule has 1 aromatic rings. The quantitative estimate of drug-likeness (QED) is 0.911. The van der Waals surface area contributed by atoms with Crippen molar-refractivity contribution in [2.45, 2.75) is 32.8 Å². The topological polar surface area (TPSA) is 54.5 Å². The monoisotopic (exact) mass is 263 g/mol. The van der Waals surface area contributed by atoms with Gasteiger partial charge in [-0.05, 0) is 25.5 Å². The maximum Gasteiger partial charge on any atom is 0.323 e. The lowest BCUT2D eigenvalue weighted by Gasteiger charge is -2.32.